The van der Waals surface area contributed by atoms with E-state index in [1.165, 1.54) is 22.3 Å². The first-order valence-corrected chi connectivity index (χ1v) is 4.09. The third-order valence-electron chi connectivity index (χ3n) is 1.98. The van der Waals surface area contributed by atoms with Crippen molar-refractivity contribution in [2.45, 2.75) is 20.8 Å². The minimum Gasteiger partial charge on any atom is -0.128 e. The summed E-state index contributed by atoms with van der Waals surface area (Å²) in [4.78, 5) is 0. The van der Waals surface area contributed by atoms with E-state index in [0.29, 0.717) is 0 Å². The summed E-state index contributed by atoms with van der Waals surface area (Å²) in [5.41, 5.74) is 7.96. The van der Waals surface area contributed by atoms with Crippen LogP contribution in [0.4, 0.5) is 0 Å². The van der Waals surface area contributed by atoms with Crippen LogP contribution in [0, 0.1) is 20.8 Å². The van der Waals surface area contributed by atoms with Crippen molar-refractivity contribution < 1.29 is 0 Å². The van der Waals surface area contributed by atoms with Crippen molar-refractivity contribution in [3.8, 4) is 0 Å². The quantitative estimate of drug-likeness (QED) is 0.549. The van der Waals surface area contributed by atoms with Gasteiger partial charge in [-0.3, -0.25) is 0 Å². The molecule has 0 heterocycles. The molecule has 0 aliphatic rings. The second-order valence-corrected chi connectivity index (χ2v) is 3.16. The van der Waals surface area contributed by atoms with E-state index in [9.17, 15) is 0 Å². The number of hydrogen-bond acceptors (Lipinski definition) is 0. The van der Waals surface area contributed by atoms with Crippen molar-refractivity contribution in [1.29, 1.82) is 0 Å². The van der Waals surface area contributed by atoms with E-state index in [0.717, 1.165) is 0 Å². The number of rotatable bonds is 1. The fourth-order valence-electron chi connectivity index (χ4n) is 1.52. The van der Waals surface area contributed by atoms with Gasteiger partial charge >= 0.3 is 0 Å². The predicted octanol–water partition coefficient (Wildman–Crippen LogP) is 3.41. The molecule has 1 aromatic rings. The van der Waals surface area contributed by atoms with E-state index in [1.54, 1.807) is 0 Å². The summed E-state index contributed by atoms with van der Waals surface area (Å²) in [5, 5.41) is 0. The highest BCUT2D eigenvalue weighted by Gasteiger charge is 1.98. The maximum Gasteiger partial charge on any atom is -0.0121 e. The second kappa shape index (κ2) is 3.42. The summed E-state index contributed by atoms with van der Waals surface area (Å²) < 4.78 is 0. The van der Waals surface area contributed by atoms with Crippen molar-refractivity contribution in [2.24, 2.45) is 0 Å². The van der Waals surface area contributed by atoms with Crippen LogP contribution >= 0.6 is 0 Å². The molecular formula is C12H14. The predicted molar refractivity (Wildman–Crippen MR) is 54.3 cm³/mol. The van der Waals surface area contributed by atoms with Gasteiger partial charge in [0.25, 0.3) is 0 Å². The van der Waals surface area contributed by atoms with Gasteiger partial charge in [-0.1, -0.05) is 24.3 Å². The lowest BCUT2D eigenvalue weighted by Gasteiger charge is -2.05. The van der Waals surface area contributed by atoms with Crippen LogP contribution in [0.25, 0.3) is 6.08 Å². The third kappa shape index (κ3) is 1.66. The van der Waals surface area contributed by atoms with Gasteiger partial charge in [0.1, 0.15) is 0 Å². The van der Waals surface area contributed by atoms with E-state index >= 15 is 0 Å². The van der Waals surface area contributed by atoms with E-state index in [4.69, 9.17) is 0 Å². The van der Waals surface area contributed by atoms with E-state index in [1.807, 2.05) is 6.08 Å². The molecule has 0 saturated heterocycles. The fraction of sp³-hybridized carbons (Fsp3) is 0.250. The Hall–Kier alpha value is -1.26. The highest BCUT2D eigenvalue weighted by atomic mass is 14.0. The van der Waals surface area contributed by atoms with Crippen LogP contribution in [-0.4, -0.2) is 0 Å². The van der Waals surface area contributed by atoms with Gasteiger partial charge in [-0.05, 0) is 43.5 Å². The van der Waals surface area contributed by atoms with E-state index in [2.05, 4.69) is 45.2 Å². The lowest BCUT2D eigenvalue weighted by atomic mass is 10.00. The summed E-state index contributed by atoms with van der Waals surface area (Å²) >= 11 is 0. The highest BCUT2D eigenvalue weighted by molar-refractivity contribution is 5.57. The van der Waals surface area contributed by atoms with Crippen LogP contribution in [0.1, 0.15) is 22.3 Å². The van der Waals surface area contributed by atoms with Gasteiger partial charge in [0.05, 0.1) is 0 Å². The lowest BCUT2D eigenvalue weighted by Crippen LogP contribution is -1.87. The summed E-state index contributed by atoms with van der Waals surface area (Å²) in [6.45, 7) is 9.92. The monoisotopic (exact) mass is 158 g/mol. The van der Waals surface area contributed by atoms with Gasteiger partial charge in [-0.15, -0.1) is 5.73 Å². The van der Waals surface area contributed by atoms with Crippen LogP contribution in [0.3, 0.4) is 0 Å². The molecule has 0 spiro atoms. The average molecular weight is 158 g/mol. The summed E-state index contributed by atoms with van der Waals surface area (Å²) in [7, 11) is 0. The van der Waals surface area contributed by atoms with Crippen molar-refractivity contribution in [3.63, 3.8) is 0 Å². The molecule has 0 heteroatoms. The molecule has 0 fully saturated rings. The Morgan fingerprint density at radius 2 is 1.67 bits per heavy atom. The molecule has 1 rings (SSSR count). The normalized spacial score (nSPS) is 9.25. The Labute approximate surface area is 74.2 Å². The van der Waals surface area contributed by atoms with Gasteiger partial charge in [0.2, 0.25) is 0 Å². The van der Waals surface area contributed by atoms with Crippen molar-refractivity contribution in [3.05, 3.63) is 46.7 Å². The molecule has 0 saturated carbocycles. The van der Waals surface area contributed by atoms with Crippen LogP contribution in [-0.2, 0) is 0 Å². The maximum atomic E-state index is 3.58. The zero-order valence-corrected chi connectivity index (χ0v) is 7.94. The Bertz CT molecular complexity index is 316. The zero-order chi connectivity index (χ0) is 9.14. The molecule has 0 aromatic heterocycles. The first kappa shape index (κ1) is 8.83. The Morgan fingerprint density at radius 3 is 2.08 bits per heavy atom. The molecule has 0 atom stereocenters. The molecule has 12 heavy (non-hydrogen) atoms. The first-order chi connectivity index (χ1) is 5.65. The molecule has 0 aliphatic carbocycles. The molecule has 0 radical (unpaired) electrons. The minimum atomic E-state index is 1.25. The summed E-state index contributed by atoms with van der Waals surface area (Å²) in [5.74, 6) is 0. The van der Waals surface area contributed by atoms with E-state index < -0.39 is 0 Å². The summed E-state index contributed by atoms with van der Waals surface area (Å²) in [6, 6.07) is 4.35. The van der Waals surface area contributed by atoms with Crippen LogP contribution in [0.5, 0.6) is 0 Å². The first-order valence-electron chi connectivity index (χ1n) is 4.09. The van der Waals surface area contributed by atoms with E-state index in [-0.39, 0.29) is 0 Å². The molecule has 1 aromatic carbocycles. The van der Waals surface area contributed by atoms with Crippen molar-refractivity contribution in [2.75, 3.05) is 0 Å². The average Bonchev–Trinajstić information content (AvgIpc) is 1.96. The minimum absolute atomic E-state index is 1.25. The molecule has 0 amide bonds. The van der Waals surface area contributed by atoms with Crippen LogP contribution in [0.15, 0.2) is 24.4 Å². The van der Waals surface area contributed by atoms with Gasteiger partial charge in [-0.2, -0.15) is 0 Å². The molecule has 0 nitrogen and oxygen atoms in total. The largest absolute Gasteiger partial charge is 0.128 e. The summed E-state index contributed by atoms with van der Waals surface area (Å²) in [6.07, 6.45) is 1.93. The Balaban J connectivity index is 3.37. The van der Waals surface area contributed by atoms with Gasteiger partial charge < -0.3 is 0 Å². The standard InChI is InChI=1S/C12H14/c1-5-6-12-10(3)7-9(2)8-11(12)4/h6-8H,1H2,2-4H3. The molecular weight excluding hydrogens is 144 g/mol. The molecule has 0 unspecified atom stereocenters. The Kier molecular flexibility index (Phi) is 2.52. The van der Waals surface area contributed by atoms with Gasteiger partial charge in [0.15, 0.2) is 0 Å². The number of benzene rings is 1. The second-order valence-electron chi connectivity index (χ2n) is 3.16. The topological polar surface area (TPSA) is 0 Å². The van der Waals surface area contributed by atoms with Gasteiger partial charge in [0, 0.05) is 0 Å². The smallest absolute Gasteiger partial charge is 0.0121 e. The maximum absolute atomic E-state index is 3.58. The lowest BCUT2D eigenvalue weighted by molar-refractivity contribution is 1.30. The SMILES string of the molecule is C=C=Cc1c(C)cc(C)cc1C. The fourth-order valence-corrected chi connectivity index (χ4v) is 1.52. The van der Waals surface area contributed by atoms with Crippen molar-refractivity contribution in [1.82, 2.24) is 0 Å². The van der Waals surface area contributed by atoms with Gasteiger partial charge in [-0.25, -0.2) is 0 Å². The molecule has 0 N–H and O–H groups in total. The van der Waals surface area contributed by atoms with Crippen LogP contribution < -0.4 is 0 Å². The third-order valence-corrected chi connectivity index (χ3v) is 1.98. The molecule has 62 valence electrons. The Morgan fingerprint density at radius 1 is 1.17 bits per heavy atom. The van der Waals surface area contributed by atoms with Crippen LogP contribution in [0.2, 0.25) is 0 Å². The zero-order valence-electron chi connectivity index (χ0n) is 7.94. The number of hydrogen-bond donors (Lipinski definition) is 0. The molecule has 0 aliphatic heterocycles. The van der Waals surface area contributed by atoms with Crippen molar-refractivity contribution >= 4 is 6.08 Å². The molecule has 0 bridgehead atoms. The highest BCUT2D eigenvalue weighted by Crippen LogP contribution is 2.16. The number of aryl methyl sites for hydroxylation is 3.